The van der Waals surface area contributed by atoms with Crippen LogP contribution in [-0.4, -0.2) is 12.6 Å². The second kappa shape index (κ2) is 7.01. The van der Waals surface area contributed by atoms with E-state index in [0.29, 0.717) is 0 Å². The number of halogens is 1. The normalized spacial score (nSPS) is 11.8. The average Bonchev–Trinajstić information content (AvgIpc) is 2.28. The molecule has 0 unspecified atom stereocenters. The minimum absolute atomic E-state index is 0.272. The third-order valence-electron chi connectivity index (χ3n) is 1.78. The van der Waals surface area contributed by atoms with Crippen LogP contribution in [0.25, 0.3) is 6.08 Å². The molecule has 0 atom stereocenters. The van der Waals surface area contributed by atoms with Crippen molar-refractivity contribution in [2.75, 3.05) is 6.61 Å². The van der Waals surface area contributed by atoms with Crippen LogP contribution in [0.3, 0.4) is 0 Å². The van der Waals surface area contributed by atoms with E-state index < -0.39 is 0 Å². The van der Waals surface area contributed by atoms with Crippen LogP contribution in [0.2, 0.25) is 0 Å². The Morgan fingerprint density at radius 3 is 2.69 bits per heavy atom. The zero-order chi connectivity index (χ0) is 11.8. The van der Waals surface area contributed by atoms with Crippen LogP contribution < -0.4 is 0 Å². The third-order valence-corrected chi connectivity index (χ3v) is 2.27. The number of carbonyl (C=O) groups excluding carboxylic acids is 1. The number of rotatable bonds is 4. The number of hydrogen-bond donors (Lipinski definition) is 0. The standard InChI is InChI=1S/C13H13BrO2/c1-11(15)16-10-13(14)9-5-8-12-6-3-2-4-7-12/h2-9H,10H2,1H3/b8-5+,13-9-. The fraction of sp³-hybridized carbons (Fsp3) is 0.154. The summed E-state index contributed by atoms with van der Waals surface area (Å²) in [6.45, 7) is 1.66. The summed E-state index contributed by atoms with van der Waals surface area (Å²) < 4.78 is 5.65. The van der Waals surface area contributed by atoms with Crippen molar-refractivity contribution in [3.8, 4) is 0 Å². The lowest BCUT2D eigenvalue weighted by Crippen LogP contribution is -1.99. The molecular formula is C13H13BrO2. The maximum atomic E-state index is 10.6. The van der Waals surface area contributed by atoms with Gasteiger partial charge in [0.05, 0.1) is 0 Å². The van der Waals surface area contributed by atoms with Gasteiger partial charge in [-0.1, -0.05) is 58.4 Å². The monoisotopic (exact) mass is 280 g/mol. The molecular weight excluding hydrogens is 268 g/mol. The predicted molar refractivity (Wildman–Crippen MR) is 69.1 cm³/mol. The van der Waals surface area contributed by atoms with E-state index in [2.05, 4.69) is 15.9 Å². The summed E-state index contributed by atoms with van der Waals surface area (Å²) in [6.07, 6.45) is 5.74. The van der Waals surface area contributed by atoms with Gasteiger partial charge in [-0.05, 0) is 11.6 Å². The summed E-state index contributed by atoms with van der Waals surface area (Å²) in [4.78, 5) is 10.6. The summed E-state index contributed by atoms with van der Waals surface area (Å²) in [5.74, 6) is -0.280. The molecule has 0 bridgehead atoms. The van der Waals surface area contributed by atoms with E-state index in [4.69, 9.17) is 4.74 Å². The molecule has 2 nitrogen and oxygen atoms in total. The Balaban J connectivity index is 2.46. The van der Waals surface area contributed by atoms with E-state index >= 15 is 0 Å². The molecule has 1 rings (SSSR count). The Morgan fingerprint density at radius 1 is 1.38 bits per heavy atom. The molecule has 3 heteroatoms. The molecule has 84 valence electrons. The van der Waals surface area contributed by atoms with Gasteiger partial charge in [0.2, 0.25) is 0 Å². The second-order valence-electron chi connectivity index (χ2n) is 3.16. The molecule has 0 aliphatic heterocycles. The zero-order valence-corrected chi connectivity index (χ0v) is 10.6. The van der Waals surface area contributed by atoms with Crippen molar-refractivity contribution in [2.45, 2.75) is 6.92 Å². The predicted octanol–water partition coefficient (Wildman–Crippen LogP) is 3.54. The number of benzene rings is 1. The first-order valence-electron chi connectivity index (χ1n) is 4.89. The van der Waals surface area contributed by atoms with Gasteiger partial charge in [0, 0.05) is 11.4 Å². The quantitative estimate of drug-likeness (QED) is 0.623. The molecule has 0 saturated carbocycles. The van der Waals surface area contributed by atoms with E-state index in [9.17, 15) is 4.79 Å². The largest absolute Gasteiger partial charge is 0.460 e. The Bertz CT molecular complexity index is 394. The summed E-state index contributed by atoms with van der Waals surface area (Å²) in [7, 11) is 0. The molecule has 0 amide bonds. The maximum Gasteiger partial charge on any atom is 0.302 e. The van der Waals surface area contributed by atoms with E-state index in [1.807, 2.05) is 48.6 Å². The zero-order valence-electron chi connectivity index (χ0n) is 9.02. The lowest BCUT2D eigenvalue weighted by molar-refractivity contribution is -0.139. The Kier molecular flexibility index (Phi) is 5.57. The maximum absolute atomic E-state index is 10.6. The van der Waals surface area contributed by atoms with Gasteiger partial charge in [-0.25, -0.2) is 0 Å². The van der Waals surface area contributed by atoms with E-state index in [1.54, 1.807) is 0 Å². The van der Waals surface area contributed by atoms with Crippen molar-refractivity contribution in [2.24, 2.45) is 0 Å². The molecule has 1 aromatic carbocycles. The molecule has 0 spiro atoms. The van der Waals surface area contributed by atoms with Crippen LogP contribution in [0.4, 0.5) is 0 Å². The Morgan fingerprint density at radius 2 is 2.06 bits per heavy atom. The van der Waals surface area contributed by atoms with Crippen LogP contribution in [0.1, 0.15) is 12.5 Å². The van der Waals surface area contributed by atoms with Crippen molar-refractivity contribution in [3.63, 3.8) is 0 Å². The highest BCUT2D eigenvalue weighted by atomic mass is 79.9. The van der Waals surface area contributed by atoms with Crippen molar-refractivity contribution in [1.82, 2.24) is 0 Å². The first-order chi connectivity index (χ1) is 7.68. The van der Waals surface area contributed by atoms with E-state index in [-0.39, 0.29) is 12.6 Å². The fourth-order valence-electron chi connectivity index (χ4n) is 1.05. The van der Waals surface area contributed by atoms with Crippen LogP contribution >= 0.6 is 15.9 Å². The number of ether oxygens (including phenoxy) is 1. The summed E-state index contributed by atoms with van der Waals surface area (Å²) in [6, 6.07) is 9.98. The van der Waals surface area contributed by atoms with Crippen molar-refractivity contribution in [1.29, 1.82) is 0 Å². The molecule has 0 N–H and O–H groups in total. The van der Waals surface area contributed by atoms with Crippen LogP contribution in [0, 0.1) is 0 Å². The van der Waals surface area contributed by atoms with Crippen LogP contribution in [0.15, 0.2) is 47.0 Å². The van der Waals surface area contributed by atoms with Crippen LogP contribution in [0.5, 0.6) is 0 Å². The number of hydrogen-bond acceptors (Lipinski definition) is 2. The van der Waals surface area contributed by atoms with E-state index in [1.165, 1.54) is 6.92 Å². The van der Waals surface area contributed by atoms with Gasteiger partial charge in [-0.2, -0.15) is 0 Å². The molecule has 0 radical (unpaired) electrons. The van der Waals surface area contributed by atoms with E-state index in [0.717, 1.165) is 10.0 Å². The first kappa shape index (κ1) is 12.7. The highest BCUT2D eigenvalue weighted by molar-refractivity contribution is 9.11. The molecule has 0 aliphatic rings. The van der Waals surface area contributed by atoms with Crippen molar-refractivity contribution < 1.29 is 9.53 Å². The van der Waals surface area contributed by atoms with Gasteiger partial charge >= 0.3 is 5.97 Å². The molecule has 0 saturated heterocycles. The highest BCUT2D eigenvalue weighted by Gasteiger charge is 1.93. The van der Waals surface area contributed by atoms with Gasteiger partial charge in [0.1, 0.15) is 6.61 Å². The number of carbonyl (C=O) groups is 1. The Labute approximate surface area is 104 Å². The molecule has 0 aromatic heterocycles. The van der Waals surface area contributed by atoms with Gasteiger partial charge in [-0.3, -0.25) is 4.79 Å². The average molecular weight is 281 g/mol. The van der Waals surface area contributed by atoms with Gasteiger partial charge in [0.15, 0.2) is 0 Å². The molecule has 0 heterocycles. The van der Waals surface area contributed by atoms with Crippen molar-refractivity contribution >= 4 is 28.0 Å². The Hall–Kier alpha value is -1.35. The SMILES string of the molecule is CC(=O)OC/C(Br)=C/C=C/c1ccccc1. The lowest BCUT2D eigenvalue weighted by Gasteiger charge is -1.98. The topological polar surface area (TPSA) is 26.3 Å². The summed E-state index contributed by atoms with van der Waals surface area (Å²) in [5.41, 5.74) is 1.13. The van der Waals surface area contributed by atoms with Gasteiger partial charge < -0.3 is 4.74 Å². The molecule has 1 aromatic rings. The number of esters is 1. The molecule has 0 aliphatic carbocycles. The molecule has 16 heavy (non-hydrogen) atoms. The second-order valence-corrected chi connectivity index (χ2v) is 4.18. The minimum atomic E-state index is -0.280. The van der Waals surface area contributed by atoms with Crippen molar-refractivity contribution in [3.05, 3.63) is 52.5 Å². The summed E-state index contributed by atoms with van der Waals surface area (Å²) in [5, 5.41) is 0. The lowest BCUT2D eigenvalue weighted by atomic mass is 10.2. The summed E-state index contributed by atoms with van der Waals surface area (Å²) >= 11 is 3.31. The van der Waals surface area contributed by atoms with Gasteiger partial charge in [0.25, 0.3) is 0 Å². The van der Waals surface area contributed by atoms with Gasteiger partial charge in [-0.15, -0.1) is 0 Å². The molecule has 0 fully saturated rings. The third kappa shape index (κ3) is 5.51. The van der Waals surface area contributed by atoms with Crippen LogP contribution in [-0.2, 0) is 9.53 Å². The smallest absolute Gasteiger partial charge is 0.302 e. The minimum Gasteiger partial charge on any atom is -0.460 e. The number of allylic oxidation sites excluding steroid dienone is 2. The first-order valence-corrected chi connectivity index (χ1v) is 5.69. The highest BCUT2D eigenvalue weighted by Crippen LogP contribution is 2.07. The fourth-order valence-corrected chi connectivity index (χ4v) is 1.31.